The number of ketones is 1. The molecule has 19 heavy (non-hydrogen) atoms. The number of nitrogens with one attached hydrogen (secondary N) is 1. The van der Waals surface area contributed by atoms with Crippen LogP contribution in [0.25, 0.3) is 0 Å². The molecule has 0 aromatic heterocycles. The van der Waals surface area contributed by atoms with Crippen LogP contribution in [0.1, 0.15) is 34.1 Å². The van der Waals surface area contributed by atoms with Crippen LogP contribution in [0.15, 0.2) is 12.1 Å². The van der Waals surface area contributed by atoms with Crippen molar-refractivity contribution in [3.63, 3.8) is 0 Å². The lowest BCUT2D eigenvalue weighted by Crippen LogP contribution is -2.23. The number of ether oxygens (including phenoxy) is 1. The molecule has 1 amide bonds. The molecular weight excluding hydrogens is 248 g/mol. The van der Waals surface area contributed by atoms with Gasteiger partial charge >= 0.3 is 0 Å². The molecule has 0 atom stereocenters. The van der Waals surface area contributed by atoms with Gasteiger partial charge in [0.05, 0.1) is 12.8 Å². The lowest BCUT2D eigenvalue weighted by Gasteiger charge is -2.10. The summed E-state index contributed by atoms with van der Waals surface area (Å²) in [4.78, 5) is 33.6. The van der Waals surface area contributed by atoms with Crippen molar-refractivity contribution in [2.75, 3.05) is 19.4 Å². The number of methoxy groups -OCH3 is 1. The van der Waals surface area contributed by atoms with E-state index in [1.165, 1.54) is 26.2 Å². The average molecular weight is 264 g/mol. The van der Waals surface area contributed by atoms with Crippen molar-refractivity contribution in [3.05, 3.63) is 23.3 Å². The maximum absolute atomic E-state index is 12.0. The summed E-state index contributed by atoms with van der Waals surface area (Å²) in [7, 11) is 1.44. The van der Waals surface area contributed by atoms with Crippen LogP contribution in [0.5, 0.6) is 5.75 Å². The molecule has 0 heterocycles. The van der Waals surface area contributed by atoms with Gasteiger partial charge in [0.25, 0.3) is 0 Å². The van der Waals surface area contributed by atoms with Gasteiger partial charge in [-0.25, -0.2) is 0 Å². The minimum atomic E-state index is -0.256. The first-order valence-electron chi connectivity index (χ1n) is 5.70. The molecule has 0 aliphatic carbocycles. The highest BCUT2D eigenvalue weighted by molar-refractivity contribution is 6.04. The van der Waals surface area contributed by atoms with Crippen LogP contribution in [-0.4, -0.2) is 31.6 Å². The first kappa shape index (κ1) is 14.7. The Morgan fingerprint density at radius 2 is 2.11 bits per heavy atom. The summed E-state index contributed by atoms with van der Waals surface area (Å²) in [5.41, 5.74) is 6.32. The summed E-state index contributed by atoms with van der Waals surface area (Å²) < 4.78 is 5.01. The number of benzene rings is 1. The van der Waals surface area contributed by atoms with Crippen molar-refractivity contribution in [2.24, 2.45) is 0 Å². The molecule has 0 aliphatic heterocycles. The van der Waals surface area contributed by atoms with Crippen molar-refractivity contribution < 1.29 is 19.1 Å². The molecule has 1 aromatic rings. The molecule has 6 heteroatoms. The van der Waals surface area contributed by atoms with Gasteiger partial charge in [-0.15, -0.1) is 0 Å². The van der Waals surface area contributed by atoms with E-state index in [2.05, 4.69) is 5.32 Å². The van der Waals surface area contributed by atoms with Crippen LogP contribution in [-0.2, 0) is 4.79 Å². The summed E-state index contributed by atoms with van der Waals surface area (Å²) in [6, 6.07) is 2.95. The molecule has 0 bridgehead atoms. The predicted octanol–water partition coefficient (Wildman–Crippen LogP) is 0.799. The number of Topliss-reactive ketones (excluding diaryl/α,β-unsaturated/α-hetero) is 1. The number of amides is 1. The second-order valence-corrected chi connectivity index (χ2v) is 3.95. The highest BCUT2D eigenvalue weighted by Crippen LogP contribution is 2.24. The average Bonchev–Trinajstić information content (AvgIpc) is 2.38. The normalized spacial score (nSPS) is 9.79. The van der Waals surface area contributed by atoms with Gasteiger partial charge in [-0.3, -0.25) is 14.4 Å². The number of carbonyl (C=O) groups is 3. The van der Waals surface area contributed by atoms with Gasteiger partial charge < -0.3 is 15.8 Å². The van der Waals surface area contributed by atoms with Crippen LogP contribution >= 0.6 is 0 Å². The molecule has 3 N–H and O–H groups in total. The second kappa shape index (κ2) is 6.53. The molecule has 102 valence electrons. The maximum Gasteiger partial charge on any atom is 0.216 e. The molecule has 0 saturated heterocycles. The largest absolute Gasteiger partial charge is 0.497 e. The number of nitrogens with two attached hydrogens (primary N) is 1. The molecule has 6 nitrogen and oxygen atoms in total. The van der Waals surface area contributed by atoms with Gasteiger partial charge in [-0.05, 0) is 12.1 Å². The van der Waals surface area contributed by atoms with E-state index in [1.807, 2.05) is 0 Å². The van der Waals surface area contributed by atoms with E-state index >= 15 is 0 Å². The van der Waals surface area contributed by atoms with Gasteiger partial charge in [-0.1, -0.05) is 0 Å². The molecular formula is C13H16N2O4. The topological polar surface area (TPSA) is 98.5 Å². The third kappa shape index (κ3) is 3.80. The Bertz CT molecular complexity index is 512. The number of aldehydes is 1. The fraction of sp³-hybridized carbons (Fsp3) is 0.308. The number of hydrogen-bond acceptors (Lipinski definition) is 5. The summed E-state index contributed by atoms with van der Waals surface area (Å²) in [6.07, 6.45) is 0.678. The monoisotopic (exact) mass is 264 g/mol. The Balaban J connectivity index is 2.95. The van der Waals surface area contributed by atoms with E-state index < -0.39 is 0 Å². The molecule has 0 saturated carbocycles. The molecule has 0 spiro atoms. The first-order valence-corrected chi connectivity index (χ1v) is 5.70. The molecule has 0 radical (unpaired) electrons. The second-order valence-electron chi connectivity index (χ2n) is 3.95. The van der Waals surface area contributed by atoms with Crippen molar-refractivity contribution in [3.8, 4) is 5.75 Å². The zero-order valence-corrected chi connectivity index (χ0v) is 10.9. The van der Waals surface area contributed by atoms with Gasteiger partial charge in [-0.2, -0.15) is 0 Å². The van der Waals surface area contributed by atoms with E-state index in [0.29, 0.717) is 12.0 Å². The lowest BCUT2D eigenvalue weighted by atomic mass is 10.0. The Morgan fingerprint density at radius 3 is 2.63 bits per heavy atom. The minimum Gasteiger partial charge on any atom is -0.497 e. The highest BCUT2D eigenvalue weighted by Gasteiger charge is 2.15. The summed E-state index contributed by atoms with van der Waals surface area (Å²) in [5.74, 6) is -0.0765. The van der Waals surface area contributed by atoms with Crippen molar-refractivity contribution in [1.82, 2.24) is 5.32 Å². The number of hydrogen-bond donors (Lipinski definition) is 2. The van der Waals surface area contributed by atoms with E-state index in [4.69, 9.17) is 10.5 Å². The zero-order valence-electron chi connectivity index (χ0n) is 10.9. The third-order valence-electron chi connectivity index (χ3n) is 2.57. The Morgan fingerprint density at radius 1 is 1.42 bits per heavy atom. The number of carbonyl (C=O) groups excluding carboxylic acids is 3. The SMILES string of the molecule is COc1cc(C=O)c(N)c(C(=O)CCNC(C)=O)c1. The maximum atomic E-state index is 12.0. The van der Waals surface area contributed by atoms with E-state index in [-0.39, 0.29) is 41.5 Å². The first-order chi connectivity index (χ1) is 8.99. The lowest BCUT2D eigenvalue weighted by molar-refractivity contribution is -0.118. The van der Waals surface area contributed by atoms with Gasteiger partial charge in [0, 0.05) is 31.0 Å². The van der Waals surface area contributed by atoms with Gasteiger partial charge in [0.2, 0.25) is 5.91 Å². The van der Waals surface area contributed by atoms with E-state index in [1.54, 1.807) is 0 Å². The van der Waals surface area contributed by atoms with Gasteiger partial charge in [0.1, 0.15) is 5.75 Å². The Labute approximate surface area is 110 Å². The standard InChI is InChI=1S/C13H16N2O4/c1-8(17)15-4-3-12(18)11-6-10(19-2)5-9(7-16)13(11)14/h5-7H,3-4,14H2,1-2H3,(H,15,17). The Hall–Kier alpha value is -2.37. The Kier molecular flexibility index (Phi) is 5.05. The van der Waals surface area contributed by atoms with Crippen LogP contribution in [0, 0.1) is 0 Å². The summed E-state index contributed by atoms with van der Waals surface area (Å²) >= 11 is 0. The molecule has 0 fully saturated rings. The highest BCUT2D eigenvalue weighted by atomic mass is 16.5. The van der Waals surface area contributed by atoms with Crippen molar-refractivity contribution in [1.29, 1.82) is 0 Å². The molecule has 0 unspecified atom stereocenters. The smallest absolute Gasteiger partial charge is 0.216 e. The zero-order chi connectivity index (χ0) is 14.4. The van der Waals surface area contributed by atoms with E-state index in [0.717, 1.165) is 0 Å². The number of nitrogen functional groups attached to an aromatic ring is 1. The van der Waals surface area contributed by atoms with Crippen LogP contribution < -0.4 is 15.8 Å². The number of rotatable bonds is 6. The predicted molar refractivity (Wildman–Crippen MR) is 70.4 cm³/mol. The van der Waals surface area contributed by atoms with Crippen LogP contribution in [0.2, 0.25) is 0 Å². The van der Waals surface area contributed by atoms with Crippen molar-refractivity contribution in [2.45, 2.75) is 13.3 Å². The third-order valence-corrected chi connectivity index (χ3v) is 2.57. The van der Waals surface area contributed by atoms with Crippen LogP contribution in [0.4, 0.5) is 5.69 Å². The van der Waals surface area contributed by atoms with Gasteiger partial charge in [0.15, 0.2) is 12.1 Å². The number of anilines is 1. The van der Waals surface area contributed by atoms with Crippen molar-refractivity contribution >= 4 is 23.7 Å². The summed E-state index contributed by atoms with van der Waals surface area (Å²) in [5, 5.41) is 2.52. The van der Waals surface area contributed by atoms with Crippen LogP contribution in [0.3, 0.4) is 0 Å². The fourth-order valence-electron chi connectivity index (χ4n) is 1.58. The minimum absolute atomic E-state index is 0.106. The summed E-state index contributed by atoms with van der Waals surface area (Å²) in [6.45, 7) is 1.59. The quantitative estimate of drug-likeness (QED) is 0.450. The molecule has 1 aromatic carbocycles. The fourth-order valence-corrected chi connectivity index (χ4v) is 1.58. The van der Waals surface area contributed by atoms with E-state index in [9.17, 15) is 14.4 Å². The molecule has 1 rings (SSSR count). The molecule has 0 aliphatic rings.